The van der Waals surface area contributed by atoms with Gasteiger partial charge in [-0.05, 0) is 25.0 Å². The summed E-state index contributed by atoms with van der Waals surface area (Å²) in [7, 11) is 0. The van der Waals surface area contributed by atoms with E-state index < -0.39 is 0 Å². The Bertz CT molecular complexity index is 631. The van der Waals surface area contributed by atoms with Gasteiger partial charge in [0, 0.05) is 29.2 Å². The number of nitrogens with one attached hydrogen (secondary N) is 1. The van der Waals surface area contributed by atoms with Gasteiger partial charge in [0.15, 0.2) is 0 Å². The van der Waals surface area contributed by atoms with Gasteiger partial charge in [0.1, 0.15) is 0 Å². The topological polar surface area (TPSA) is 55.2 Å². The lowest BCUT2D eigenvalue weighted by atomic mass is 10.1. The highest BCUT2D eigenvalue weighted by molar-refractivity contribution is 6.31. The van der Waals surface area contributed by atoms with E-state index in [0.29, 0.717) is 12.1 Å². The maximum absolute atomic E-state index is 11.0. The molecular weight excluding hydrogens is 288 g/mol. The van der Waals surface area contributed by atoms with Crippen LogP contribution in [0.25, 0.3) is 0 Å². The second-order valence-corrected chi connectivity index (χ2v) is 5.37. The van der Waals surface area contributed by atoms with Gasteiger partial charge in [-0.3, -0.25) is 10.1 Å². The molecule has 1 atom stereocenters. The number of hydrogen-bond donors (Lipinski definition) is 1. The van der Waals surface area contributed by atoms with Crippen molar-refractivity contribution in [3.8, 4) is 0 Å². The van der Waals surface area contributed by atoms with Gasteiger partial charge in [0.05, 0.1) is 4.92 Å². The Kier molecular flexibility index (Phi) is 5.31. The molecule has 0 saturated heterocycles. The van der Waals surface area contributed by atoms with Gasteiger partial charge in [-0.1, -0.05) is 48.0 Å². The SMILES string of the molecule is CC(Cc1ccccc1Cl)NCc1ccccc1[N+](=O)[O-]. The first kappa shape index (κ1) is 15.5. The van der Waals surface area contributed by atoms with Crippen molar-refractivity contribution < 1.29 is 4.92 Å². The molecule has 0 fully saturated rings. The van der Waals surface area contributed by atoms with E-state index in [0.717, 1.165) is 17.0 Å². The fourth-order valence-corrected chi connectivity index (χ4v) is 2.40. The minimum Gasteiger partial charge on any atom is -0.310 e. The summed E-state index contributed by atoms with van der Waals surface area (Å²) in [6, 6.07) is 14.7. The Morgan fingerprint density at radius 2 is 1.76 bits per heavy atom. The van der Waals surface area contributed by atoms with Crippen LogP contribution in [0.1, 0.15) is 18.1 Å². The highest BCUT2D eigenvalue weighted by Gasteiger charge is 2.13. The maximum atomic E-state index is 11.0. The molecule has 0 radical (unpaired) electrons. The van der Waals surface area contributed by atoms with Crippen LogP contribution in [0.4, 0.5) is 5.69 Å². The molecule has 0 aliphatic carbocycles. The van der Waals surface area contributed by atoms with Crippen LogP contribution in [0.5, 0.6) is 0 Å². The number of benzene rings is 2. The van der Waals surface area contributed by atoms with Crippen molar-refractivity contribution >= 4 is 17.3 Å². The number of nitro groups is 1. The average molecular weight is 305 g/mol. The Morgan fingerprint density at radius 3 is 2.43 bits per heavy atom. The summed E-state index contributed by atoms with van der Waals surface area (Å²) in [4.78, 5) is 10.6. The molecular formula is C16H17ClN2O2. The zero-order valence-corrected chi connectivity index (χ0v) is 12.5. The molecule has 21 heavy (non-hydrogen) atoms. The zero-order valence-electron chi connectivity index (χ0n) is 11.8. The molecule has 0 spiro atoms. The fourth-order valence-electron chi connectivity index (χ4n) is 2.19. The van der Waals surface area contributed by atoms with Crippen LogP contribution >= 0.6 is 11.6 Å². The molecule has 2 rings (SSSR count). The predicted molar refractivity (Wildman–Crippen MR) is 84.6 cm³/mol. The molecule has 1 unspecified atom stereocenters. The second-order valence-electron chi connectivity index (χ2n) is 4.96. The van der Waals surface area contributed by atoms with E-state index in [1.54, 1.807) is 12.1 Å². The first-order valence-electron chi connectivity index (χ1n) is 6.77. The lowest BCUT2D eigenvalue weighted by molar-refractivity contribution is -0.385. The third kappa shape index (κ3) is 4.28. The summed E-state index contributed by atoms with van der Waals surface area (Å²) in [5.41, 5.74) is 1.91. The lowest BCUT2D eigenvalue weighted by Crippen LogP contribution is -2.27. The standard InChI is InChI=1S/C16H17ClN2O2/c1-12(10-13-6-2-4-8-15(13)17)18-11-14-7-3-5-9-16(14)19(20)21/h2-9,12,18H,10-11H2,1H3. The van der Waals surface area contributed by atoms with Gasteiger partial charge < -0.3 is 5.32 Å². The van der Waals surface area contributed by atoms with E-state index in [9.17, 15) is 10.1 Å². The first-order chi connectivity index (χ1) is 10.1. The number of nitro benzene ring substituents is 1. The highest BCUT2D eigenvalue weighted by Crippen LogP contribution is 2.19. The van der Waals surface area contributed by atoms with E-state index in [4.69, 9.17) is 11.6 Å². The molecule has 0 aliphatic heterocycles. The third-order valence-electron chi connectivity index (χ3n) is 3.31. The summed E-state index contributed by atoms with van der Waals surface area (Å²) >= 11 is 6.14. The van der Waals surface area contributed by atoms with Gasteiger partial charge in [-0.25, -0.2) is 0 Å². The van der Waals surface area contributed by atoms with Gasteiger partial charge >= 0.3 is 0 Å². The van der Waals surface area contributed by atoms with Crippen LogP contribution in [-0.2, 0) is 13.0 Å². The van der Waals surface area contributed by atoms with Crippen LogP contribution in [0.3, 0.4) is 0 Å². The number of rotatable bonds is 6. The maximum Gasteiger partial charge on any atom is 0.273 e. The molecule has 0 bridgehead atoms. The Balaban J connectivity index is 1.97. The number of para-hydroxylation sites is 1. The zero-order chi connectivity index (χ0) is 15.2. The summed E-state index contributed by atoms with van der Waals surface area (Å²) in [6.45, 7) is 2.50. The van der Waals surface area contributed by atoms with Gasteiger partial charge in [-0.2, -0.15) is 0 Å². The van der Waals surface area contributed by atoms with Crippen LogP contribution in [0.15, 0.2) is 48.5 Å². The fraction of sp³-hybridized carbons (Fsp3) is 0.250. The molecule has 0 heterocycles. The molecule has 2 aromatic rings. The Labute approximate surface area is 128 Å². The highest BCUT2D eigenvalue weighted by atomic mass is 35.5. The number of hydrogen-bond acceptors (Lipinski definition) is 3. The second kappa shape index (κ2) is 7.20. The van der Waals surface area contributed by atoms with Crippen LogP contribution in [0.2, 0.25) is 5.02 Å². The van der Waals surface area contributed by atoms with Crippen LogP contribution in [-0.4, -0.2) is 11.0 Å². The predicted octanol–water partition coefficient (Wildman–Crippen LogP) is 3.97. The van der Waals surface area contributed by atoms with E-state index >= 15 is 0 Å². The van der Waals surface area contributed by atoms with Crippen molar-refractivity contribution in [2.75, 3.05) is 0 Å². The molecule has 1 N–H and O–H groups in total. The minimum atomic E-state index is -0.351. The molecule has 0 amide bonds. The number of halogens is 1. The average Bonchev–Trinajstić information content (AvgIpc) is 2.48. The molecule has 5 heteroatoms. The molecule has 0 aliphatic rings. The van der Waals surface area contributed by atoms with E-state index in [1.807, 2.05) is 37.3 Å². The van der Waals surface area contributed by atoms with E-state index in [-0.39, 0.29) is 16.7 Å². The lowest BCUT2D eigenvalue weighted by Gasteiger charge is -2.14. The molecule has 2 aromatic carbocycles. The third-order valence-corrected chi connectivity index (χ3v) is 3.68. The van der Waals surface area contributed by atoms with Gasteiger partial charge in [0.2, 0.25) is 0 Å². The van der Waals surface area contributed by atoms with E-state index in [2.05, 4.69) is 5.32 Å². The van der Waals surface area contributed by atoms with Crippen molar-refractivity contribution in [3.63, 3.8) is 0 Å². The van der Waals surface area contributed by atoms with Crippen LogP contribution < -0.4 is 5.32 Å². The molecule has 0 saturated carbocycles. The largest absolute Gasteiger partial charge is 0.310 e. The minimum absolute atomic E-state index is 0.148. The normalized spacial score (nSPS) is 12.1. The van der Waals surface area contributed by atoms with Gasteiger partial charge in [0.25, 0.3) is 5.69 Å². The van der Waals surface area contributed by atoms with E-state index in [1.165, 1.54) is 6.07 Å². The van der Waals surface area contributed by atoms with Gasteiger partial charge in [-0.15, -0.1) is 0 Å². The summed E-state index contributed by atoms with van der Waals surface area (Å²) in [5.74, 6) is 0. The smallest absolute Gasteiger partial charge is 0.273 e. The summed E-state index contributed by atoms with van der Waals surface area (Å²) in [5, 5.41) is 15.0. The molecule has 4 nitrogen and oxygen atoms in total. The molecule has 0 aromatic heterocycles. The van der Waals surface area contributed by atoms with Crippen molar-refractivity contribution in [3.05, 3.63) is 74.8 Å². The summed E-state index contributed by atoms with van der Waals surface area (Å²) < 4.78 is 0. The summed E-state index contributed by atoms with van der Waals surface area (Å²) in [6.07, 6.45) is 0.778. The van der Waals surface area contributed by atoms with Crippen molar-refractivity contribution in [2.24, 2.45) is 0 Å². The Morgan fingerprint density at radius 1 is 1.14 bits per heavy atom. The monoisotopic (exact) mass is 304 g/mol. The Hall–Kier alpha value is -1.91. The number of nitrogens with zero attached hydrogens (tertiary/aromatic N) is 1. The van der Waals surface area contributed by atoms with Crippen molar-refractivity contribution in [1.29, 1.82) is 0 Å². The first-order valence-corrected chi connectivity index (χ1v) is 7.15. The van der Waals surface area contributed by atoms with Crippen molar-refractivity contribution in [2.45, 2.75) is 25.9 Å². The molecule has 110 valence electrons. The quantitative estimate of drug-likeness (QED) is 0.649. The van der Waals surface area contributed by atoms with Crippen LogP contribution in [0, 0.1) is 10.1 Å². The van der Waals surface area contributed by atoms with Crippen molar-refractivity contribution in [1.82, 2.24) is 5.32 Å².